The van der Waals surface area contributed by atoms with Crippen molar-refractivity contribution in [3.8, 4) is 9.88 Å². The number of nitrogens with zero attached hydrogens (tertiary/aromatic N) is 2. The van der Waals surface area contributed by atoms with Crippen molar-refractivity contribution >= 4 is 38.6 Å². The van der Waals surface area contributed by atoms with Gasteiger partial charge in [-0.05, 0) is 28.1 Å². The van der Waals surface area contributed by atoms with Crippen LogP contribution in [0.1, 0.15) is 5.01 Å². The molecule has 0 fully saturated rings. The average molecular weight is 348 g/mol. The zero-order valence-corrected chi connectivity index (χ0v) is 13.2. The van der Waals surface area contributed by atoms with Crippen molar-refractivity contribution in [1.82, 2.24) is 15.5 Å². The first kappa shape index (κ1) is 14.1. The van der Waals surface area contributed by atoms with Crippen molar-refractivity contribution in [2.24, 2.45) is 0 Å². The summed E-state index contributed by atoms with van der Waals surface area (Å²) >= 11 is 6.80. The van der Waals surface area contributed by atoms with E-state index in [4.69, 9.17) is 4.74 Å². The molecule has 0 aliphatic rings. The Morgan fingerprint density at radius 3 is 2.89 bits per heavy atom. The Hall–Kier alpha value is -0.340. The van der Waals surface area contributed by atoms with Gasteiger partial charge in [-0.25, -0.2) is 0 Å². The number of nitrogens with one attached hydrogen (secondary N) is 1. The van der Waals surface area contributed by atoms with E-state index in [1.54, 1.807) is 29.8 Å². The number of hydrogen-bond donors (Lipinski definition) is 1. The number of hydrogen-bond acceptors (Lipinski definition) is 6. The van der Waals surface area contributed by atoms with Gasteiger partial charge in [0, 0.05) is 26.6 Å². The van der Waals surface area contributed by atoms with Crippen LogP contribution in [0.3, 0.4) is 0 Å². The maximum absolute atomic E-state index is 4.97. The molecule has 2 aromatic rings. The molecule has 2 rings (SSSR count). The van der Waals surface area contributed by atoms with Crippen LogP contribution in [0.5, 0.6) is 0 Å². The first-order valence-electron chi connectivity index (χ1n) is 5.57. The quantitative estimate of drug-likeness (QED) is 0.782. The van der Waals surface area contributed by atoms with E-state index in [0.717, 1.165) is 44.8 Å². The lowest BCUT2D eigenvalue weighted by Crippen LogP contribution is -2.21. The van der Waals surface area contributed by atoms with Gasteiger partial charge in [0.15, 0.2) is 5.01 Å². The molecule has 0 unspecified atom stereocenters. The van der Waals surface area contributed by atoms with E-state index in [-0.39, 0.29) is 0 Å². The van der Waals surface area contributed by atoms with Crippen LogP contribution in [-0.2, 0) is 11.2 Å². The van der Waals surface area contributed by atoms with E-state index in [2.05, 4.69) is 37.5 Å². The highest BCUT2D eigenvalue weighted by molar-refractivity contribution is 9.11. The second-order valence-corrected chi connectivity index (χ2v) is 7.12. The molecule has 7 heteroatoms. The molecule has 2 aromatic heterocycles. The lowest BCUT2D eigenvalue weighted by molar-refractivity contribution is 0.199. The highest BCUT2D eigenvalue weighted by Gasteiger charge is 2.08. The highest BCUT2D eigenvalue weighted by atomic mass is 79.9. The van der Waals surface area contributed by atoms with Gasteiger partial charge in [-0.1, -0.05) is 11.3 Å². The van der Waals surface area contributed by atoms with Crippen LogP contribution in [0.15, 0.2) is 15.9 Å². The van der Waals surface area contributed by atoms with Crippen LogP contribution in [0.25, 0.3) is 9.88 Å². The van der Waals surface area contributed by atoms with E-state index in [1.165, 1.54) is 0 Å². The topological polar surface area (TPSA) is 47.0 Å². The van der Waals surface area contributed by atoms with Crippen LogP contribution in [0, 0.1) is 0 Å². The zero-order chi connectivity index (χ0) is 12.8. The van der Waals surface area contributed by atoms with E-state index in [0.29, 0.717) is 0 Å². The largest absolute Gasteiger partial charge is 0.383 e. The van der Waals surface area contributed by atoms with Crippen molar-refractivity contribution in [2.45, 2.75) is 6.42 Å². The molecule has 0 aromatic carbocycles. The lowest BCUT2D eigenvalue weighted by atomic mass is 10.4. The maximum atomic E-state index is 4.97. The van der Waals surface area contributed by atoms with Gasteiger partial charge in [-0.2, -0.15) is 0 Å². The number of thiophene rings is 1. The van der Waals surface area contributed by atoms with Crippen molar-refractivity contribution in [3.05, 3.63) is 20.9 Å². The summed E-state index contributed by atoms with van der Waals surface area (Å²) in [4.78, 5) is 1.16. The van der Waals surface area contributed by atoms with Crippen LogP contribution in [-0.4, -0.2) is 37.0 Å². The molecule has 4 nitrogen and oxygen atoms in total. The molecule has 0 bridgehead atoms. The van der Waals surface area contributed by atoms with E-state index in [9.17, 15) is 0 Å². The summed E-state index contributed by atoms with van der Waals surface area (Å²) in [6.07, 6.45) is 0.911. The first-order chi connectivity index (χ1) is 8.79. The fourth-order valence-corrected chi connectivity index (χ4v) is 3.65. The standard InChI is InChI=1S/C11H14BrN3OS2/c1-16-7-6-13-5-4-10-14-15-11(18-10)8-2-3-9(12)17-8/h2-3,13H,4-7H2,1H3. The molecule has 0 amide bonds. The molecule has 0 aliphatic heterocycles. The predicted molar refractivity (Wildman–Crippen MR) is 79.4 cm³/mol. The van der Waals surface area contributed by atoms with Gasteiger partial charge in [-0.3, -0.25) is 0 Å². The van der Waals surface area contributed by atoms with Crippen LogP contribution in [0.4, 0.5) is 0 Å². The summed E-state index contributed by atoms with van der Waals surface area (Å²) in [5.41, 5.74) is 0. The summed E-state index contributed by atoms with van der Waals surface area (Å²) < 4.78 is 6.09. The van der Waals surface area contributed by atoms with Crippen molar-refractivity contribution in [3.63, 3.8) is 0 Å². The number of rotatable bonds is 7. The molecule has 0 saturated heterocycles. The SMILES string of the molecule is COCCNCCc1nnc(-c2ccc(Br)s2)s1. The van der Waals surface area contributed by atoms with Crippen molar-refractivity contribution in [1.29, 1.82) is 0 Å². The van der Waals surface area contributed by atoms with Gasteiger partial charge in [0.1, 0.15) is 5.01 Å². The molecule has 2 heterocycles. The Morgan fingerprint density at radius 2 is 2.17 bits per heavy atom. The van der Waals surface area contributed by atoms with E-state index >= 15 is 0 Å². The molecule has 1 N–H and O–H groups in total. The molecule has 0 aliphatic carbocycles. The molecular weight excluding hydrogens is 334 g/mol. The number of aromatic nitrogens is 2. The predicted octanol–water partition coefficient (Wildman–Crippen LogP) is 2.81. The van der Waals surface area contributed by atoms with Crippen LogP contribution < -0.4 is 5.32 Å². The third kappa shape index (κ3) is 4.10. The van der Waals surface area contributed by atoms with E-state index in [1.807, 2.05) is 6.07 Å². The molecule has 0 saturated carbocycles. The summed E-state index contributed by atoms with van der Waals surface area (Å²) in [7, 11) is 1.71. The number of halogens is 1. The Morgan fingerprint density at radius 1 is 1.28 bits per heavy atom. The second-order valence-electron chi connectivity index (χ2n) is 3.60. The minimum absolute atomic E-state index is 0.741. The lowest BCUT2D eigenvalue weighted by Gasteiger charge is -2.00. The van der Waals surface area contributed by atoms with Gasteiger partial charge in [0.25, 0.3) is 0 Å². The minimum atomic E-state index is 0.741. The molecule has 0 atom stereocenters. The van der Waals surface area contributed by atoms with Crippen LogP contribution >= 0.6 is 38.6 Å². The van der Waals surface area contributed by atoms with Crippen molar-refractivity contribution in [2.75, 3.05) is 26.8 Å². The molecule has 0 radical (unpaired) electrons. The molecular formula is C11H14BrN3OS2. The maximum Gasteiger partial charge on any atom is 0.157 e. The Kier molecular flexibility index (Phi) is 5.71. The second kappa shape index (κ2) is 7.30. The van der Waals surface area contributed by atoms with Gasteiger partial charge in [-0.15, -0.1) is 21.5 Å². The van der Waals surface area contributed by atoms with Crippen molar-refractivity contribution < 1.29 is 4.74 Å². The average Bonchev–Trinajstić information content (AvgIpc) is 2.97. The zero-order valence-electron chi connectivity index (χ0n) is 9.98. The third-order valence-corrected chi connectivity index (χ3v) is 5.03. The Labute approximate surface area is 123 Å². The Bertz CT molecular complexity index is 486. The van der Waals surface area contributed by atoms with Gasteiger partial charge < -0.3 is 10.1 Å². The smallest absolute Gasteiger partial charge is 0.157 e. The fourth-order valence-electron chi connectivity index (χ4n) is 1.38. The fraction of sp³-hybridized carbons (Fsp3) is 0.455. The Balaban J connectivity index is 1.83. The summed E-state index contributed by atoms with van der Waals surface area (Å²) in [6.45, 7) is 2.52. The van der Waals surface area contributed by atoms with E-state index < -0.39 is 0 Å². The molecule has 98 valence electrons. The number of ether oxygens (including phenoxy) is 1. The monoisotopic (exact) mass is 347 g/mol. The molecule has 18 heavy (non-hydrogen) atoms. The van der Waals surface area contributed by atoms with Gasteiger partial charge >= 0.3 is 0 Å². The van der Waals surface area contributed by atoms with Crippen LogP contribution in [0.2, 0.25) is 0 Å². The first-order valence-corrected chi connectivity index (χ1v) is 8.00. The number of methoxy groups -OCH3 is 1. The third-order valence-electron chi connectivity index (χ3n) is 2.25. The minimum Gasteiger partial charge on any atom is -0.383 e. The summed E-state index contributed by atoms with van der Waals surface area (Å²) in [5.74, 6) is 0. The van der Waals surface area contributed by atoms with Gasteiger partial charge in [0.05, 0.1) is 15.3 Å². The summed E-state index contributed by atoms with van der Waals surface area (Å²) in [6, 6.07) is 4.10. The normalized spacial score (nSPS) is 11.0. The summed E-state index contributed by atoms with van der Waals surface area (Å²) in [5, 5.41) is 13.8. The molecule has 0 spiro atoms. The van der Waals surface area contributed by atoms with Gasteiger partial charge in [0.2, 0.25) is 0 Å². The highest BCUT2D eigenvalue weighted by Crippen LogP contribution is 2.32.